The minimum Gasteiger partial charge on any atom is -0.302 e. The van der Waals surface area contributed by atoms with E-state index in [1.54, 1.807) is 0 Å². The lowest BCUT2D eigenvalue weighted by Gasteiger charge is -2.37. The summed E-state index contributed by atoms with van der Waals surface area (Å²) in [6.45, 7) is 31.1. The molecule has 5 nitrogen and oxygen atoms in total. The molecule has 1 aliphatic rings. The molecule has 1 aliphatic heterocycles. The second-order valence-electron chi connectivity index (χ2n) is 25.8. The van der Waals surface area contributed by atoms with Crippen molar-refractivity contribution in [3.05, 3.63) is 0 Å². The van der Waals surface area contributed by atoms with Gasteiger partial charge in [0.15, 0.2) is 0 Å². The van der Waals surface area contributed by atoms with Gasteiger partial charge in [-0.15, -0.1) is 0 Å². The van der Waals surface area contributed by atoms with Crippen LogP contribution >= 0.6 is 0 Å². The Morgan fingerprint density at radius 2 is 0.312 bits per heavy atom. The highest BCUT2D eigenvalue weighted by Gasteiger charge is 2.19. The number of hydrogen-bond donors (Lipinski definition) is 0. The predicted molar refractivity (Wildman–Crippen MR) is 351 cm³/mol. The molecule has 1 saturated heterocycles. The Hall–Kier alpha value is -0.200. The first-order valence-electron chi connectivity index (χ1n) is 36.8. The van der Waals surface area contributed by atoms with Gasteiger partial charge in [0, 0.05) is 65.4 Å². The molecular weight excluding hydrogens is 935 g/mol. The molecule has 0 radical (unpaired) electrons. The van der Waals surface area contributed by atoms with Gasteiger partial charge >= 0.3 is 0 Å². The maximum atomic E-state index is 2.93. The Kier molecular flexibility index (Phi) is 61.6. The van der Waals surface area contributed by atoms with Gasteiger partial charge in [0.25, 0.3) is 0 Å². The van der Waals surface area contributed by atoms with E-state index in [1.807, 2.05) is 0 Å². The maximum Gasteiger partial charge on any atom is 0.0110 e. The van der Waals surface area contributed by atoms with Gasteiger partial charge in [-0.2, -0.15) is 0 Å². The summed E-state index contributed by atoms with van der Waals surface area (Å²) in [6.07, 6.45) is 75.0. The Bertz CT molecular complexity index is 1060. The van der Waals surface area contributed by atoms with Crippen molar-refractivity contribution in [1.29, 1.82) is 0 Å². The second kappa shape index (κ2) is 63.4. The number of rotatable bonds is 66. The fraction of sp³-hybridized carbons (Fsp3) is 1.00. The van der Waals surface area contributed by atoms with E-state index in [2.05, 4.69) is 59.1 Å². The van der Waals surface area contributed by atoms with Crippen LogP contribution in [0.15, 0.2) is 0 Å². The van der Waals surface area contributed by atoms with Crippen molar-refractivity contribution in [3.8, 4) is 0 Å². The summed E-state index contributed by atoms with van der Waals surface area (Å²) < 4.78 is 0. The van der Waals surface area contributed by atoms with E-state index in [1.165, 1.54) is 432 Å². The molecule has 1 rings (SSSR count). The van der Waals surface area contributed by atoms with Crippen molar-refractivity contribution in [1.82, 2.24) is 24.5 Å². The third kappa shape index (κ3) is 54.8. The summed E-state index contributed by atoms with van der Waals surface area (Å²) in [5.74, 6) is 0. The minimum atomic E-state index is 1.27. The first kappa shape index (κ1) is 74.8. The lowest BCUT2D eigenvalue weighted by atomic mass is 10.1. The molecule has 0 N–H and O–H groups in total. The average molecular weight is 1090 g/mol. The van der Waals surface area contributed by atoms with Crippen molar-refractivity contribution >= 4 is 0 Å². The van der Waals surface area contributed by atoms with Crippen LogP contribution < -0.4 is 0 Å². The largest absolute Gasteiger partial charge is 0.302 e. The molecule has 0 spiro atoms. The molecule has 0 aromatic rings. The van der Waals surface area contributed by atoms with Gasteiger partial charge in [0.2, 0.25) is 0 Å². The first-order chi connectivity index (χ1) is 38.2. The maximum absolute atomic E-state index is 2.93. The van der Waals surface area contributed by atoms with Crippen LogP contribution in [0, 0.1) is 0 Å². The van der Waals surface area contributed by atoms with Crippen LogP contribution in [0.5, 0.6) is 0 Å². The molecule has 0 saturated carbocycles. The Morgan fingerprint density at radius 1 is 0.169 bits per heavy atom. The van der Waals surface area contributed by atoms with E-state index in [0.29, 0.717) is 0 Å². The van der Waals surface area contributed by atoms with Crippen LogP contribution in [0.25, 0.3) is 0 Å². The number of piperazine rings is 1. The van der Waals surface area contributed by atoms with Crippen LogP contribution in [-0.2, 0) is 0 Å². The predicted octanol–water partition coefficient (Wildman–Crippen LogP) is 21.9. The summed E-state index contributed by atoms with van der Waals surface area (Å²) in [4.78, 5) is 14.4. The topological polar surface area (TPSA) is 16.2 Å². The van der Waals surface area contributed by atoms with Crippen molar-refractivity contribution in [2.24, 2.45) is 0 Å². The Morgan fingerprint density at radius 3 is 0.494 bits per heavy atom. The third-order valence-corrected chi connectivity index (χ3v) is 18.3. The fourth-order valence-electron chi connectivity index (χ4n) is 12.6. The SMILES string of the molecule is CCCCCCCCCCCCCN(CCCCCCCCCCCC)CCN(CCCCCCCCCCCC)CCN1CCN(CCN(CCCCCCCCCCCC)CCCCCCCCCCCCC)CC1. The molecule has 0 aromatic carbocycles. The molecule has 0 aromatic heterocycles. The zero-order valence-electron chi connectivity index (χ0n) is 54.6. The highest BCUT2D eigenvalue weighted by molar-refractivity contribution is 4.76. The van der Waals surface area contributed by atoms with Crippen molar-refractivity contribution in [2.45, 2.75) is 369 Å². The summed E-state index contributed by atoms with van der Waals surface area (Å²) in [6, 6.07) is 0. The van der Waals surface area contributed by atoms with Gasteiger partial charge in [0.05, 0.1) is 0 Å². The fourth-order valence-corrected chi connectivity index (χ4v) is 12.6. The molecule has 1 heterocycles. The molecule has 77 heavy (non-hydrogen) atoms. The third-order valence-electron chi connectivity index (χ3n) is 18.3. The van der Waals surface area contributed by atoms with E-state index in [4.69, 9.17) is 0 Å². The van der Waals surface area contributed by atoms with Gasteiger partial charge in [0.1, 0.15) is 0 Å². The molecule has 0 amide bonds. The smallest absolute Gasteiger partial charge is 0.0110 e. The first-order valence-corrected chi connectivity index (χ1v) is 36.8. The van der Waals surface area contributed by atoms with E-state index < -0.39 is 0 Å². The highest BCUT2D eigenvalue weighted by atomic mass is 15.3. The second-order valence-corrected chi connectivity index (χ2v) is 25.8. The van der Waals surface area contributed by atoms with Crippen LogP contribution in [0.1, 0.15) is 369 Å². The van der Waals surface area contributed by atoms with Crippen molar-refractivity contribution in [2.75, 3.05) is 98.2 Å². The molecule has 0 aliphatic carbocycles. The van der Waals surface area contributed by atoms with Gasteiger partial charge in [-0.25, -0.2) is 0 Å². The number of nitrogens with zero attached hydrogens (tertiary/aromatic N) is 5. The number of hydrogen-bond acceptors (Lipinski definition) is 5. The minimum absolute atomic E-state index is 1.27. The van der Waals surface area contributed by atoms with Crippen molar-refractivity contribution < 1.29 is 0 Å². The molecule has 0 bridgehead atoms. The van der Waals surface area contributed by atoms with Gasteiger partial charge in [-0.05, 0) is 64.8 Å². The summed E-state index contributed by atoms with van der Waals surface area (Å²) in [5.41, 5.74) is 0. The zero-order valence-corrected chi connectivity index (χ0v) is 54.6. The Balaban J connectivity index is 2.72. The zero-order chi connectivity index (χ0) is 55.3. The quantitative estimate of drug-likeness (QED) is 0.0563. The molecule has 5 heteroatoms. The highest BCUT2D eigenvalue weighted by Crippen LogP contribution is 2.18. The molecule has 1 fully saturated rings. The van der Waals surface area contributed by atoms with E-state index in [0.717, 1.165) is 0 Å². The summed E-state index contributed by atoms with van der Waals surface area (Å²) >= 11 is 0. The van der Waals surface area contributed by atoms with E-state index >= 15 is 0 Å². The molecule has 462 valence electrons. The Labute approximate surface area is 488 Å². The monoisotopic (exact) mass is 1080 g/mol. The molecule has 0 unspecified atom stereocenters. The van der Waals surface area contributed by atoms with E-state index in [9.17, 15) is 0 Å². The van der Waals surface area contributed by atoms with Crippen LogP contribution in [0.2, 0.25) is 0 Å². The lowest BCUT2D eigenvalue weighted by Crippen LogP contribution is -2.50. The van der Waals surface area contributed by atoms with Gasteiger partial charge in [-0.1, -0.05) is 336 Å². The molecule has 0 atom stereocenters. The van der Waals surface area contributed by atoms with Gasteiger partial charge < -0.3 is 14.7 Å². The normalized spacial score (nSPS) is 13.7. The van der Waals surface area contributed by atoms with Gasteiger partial charge in [-0.3, -0.25) is 9.80 Å². The lowest BCUT2D eigenvalue weighted by molar-refractivity contribution is 0.104. The average Bonchev–Trinajstić information content (AvgIpc) is 3.44. The van der Waals surface area contributed by atoms with Crippen LogP contribution in [-0.4, -0.2) is 123 Å². The standard InChI is InChI=1S/C72H149N5/c1-6-11-16-21-26-31-36-41-45-50-54-59-73(58-53-48-43-38-33-28-23-18-13-8-3)63-65-75(62-57-52-47-40-35-30-25-20-15-10-5)66-68-77-71-69-76(70-72-77)67-64-74(60-55-49-44-39-34-29-24-19-14-9-4)61-56-51-46-42-37-32-27-22-17-12-7-2/h6-72H2,1-5H3. The number of unbranched alkanes of at least 4 members (excludes halogenated alkanes) is 47. The van der Waals surface area contributed by atoms with E-state index in [-0.39, 0.29) is 0 Å². The molecular formula is C72H149N5. The van der Waals surface area contributed by atoms with Crippen molar-refractivity contribution in [3.63, 3.8) is 0 Å². The van der Waals surface area contributed by atoms with Crippen LogP contribution in [0.4, 0.5) is 0 Å². The summed E-state index contributed by atoms with van der Waals surface area (Å²) in [5, 5.41) is 0. The van der Waals surface area contributed by atoms with Crippen LogP contribution in [0.3, 0.4) is 0 Å². The summed E-state index contributed by atoms with van der Waals surface area (Å²) in [7, 11) is 0.